The topological polar surface area (TPSA) is 84.5 Å². The summed E-state index contributed by atoms with van der Waals surface area (Å²) in [5.41, 5.74) is 5.47. The van der Waals surface area contributed by atoms with Gasteiger partial charge in [-0.25, -0.2) is 0 Å². The molecule has 2 heterocycles. The number of nitrogens with two attached hydrogens (primary N) is 1. The Morgan fingerprint density at radius 3 is 3.22 bits per heavy atom. The minimum absolute atomic E-state index is 0.0562. The Kier molecular flexibility index (Phi) is 3.99. The second kappa shape index (κ2) is 5.68. The van der Waals surface area contributed by atoms with Gasteiger partial charge in [0.15, 0.2) is 0 Å². The molecule has 1 aliphatic heterocycles. The van der Waals surface area contributed by atoms with E-state index in [1.54, 1.807) is 0 Å². The van der Waals surface area contributed by atoms with Crippen LogP contribution in [-0.4, -0.2) is 43.2 Å². The lowest BCUT2D eigenvalue weighted by molar-refractivity contribution is 0.0823. The van der Waals surface area contributed by atoms with Gasteiger partial charge in [0.05, 0.1) is 19.8 Å². The molecule has 0 aliphatic carbocycles. The van der Waals surface area contributed by atoms with Crippen molar-refractivity contribution >= 4 is 11.7 Å². The van der Waals surface area contributed by atoms with Gasteiger partial charge < -0.3 is 20.1 Å². The van der Waals surface area contributed by atoms with Crippen LogP contribution in [0.15, 0.2) is 18.2 Å². The van der Waals surface area contributed by atoms with E-state index in [2.05, 4.69) is 9.88 Å². The van der Waals surface area contributed by atoms with E-state index in [0.29, 0.717) is 25.6 Å². The van der Waals surface area contributed by atoms with Crippen molar-refractivity contribution in [3.63, 3.8) is 0 Å². The molecule has 0 amide bonds. The highest BCUT2D eigenvalue weighted by molar-refractivity contribution is 5.82. The summed E-state index contributed by atoms with van der Waals surface area (Å²) in [6, 6.07) is 5.66. The van der Waals surface area contributed by atoms with Gasteiger partial charge in [-0.15, -0.1) is 0 Å². The lowest BCUT2D eigenvalue weighted by Crippen LogP contribution is -2.48. The number of aromatic nitrogens is 1. The number of ether oxygens (including phenoxy) is 2. The molecule has 0 radical (unpaired) electrons. The second-order valence-electron chi connectivity index (χ2n) is 4.03. The van der Waals surface area contributed by atoms with E-state index < -0.39 is 0 Å². The first-order chi connectivity index (χ1) is 8.70. The quantitative estimate of drug-likeness (QED) is 0.604. The van der Waals surface area contributed by atoms with E-state index in [1.807, 2.05) is 25.1 Å². The van der Waals surface area contributed by atoms with Crippen molar-refractivity contribution in [2.24, 2.45) is 5.73 Å². The SMILES string of the molecule is CCOc1cccc(N2CCOC(C(=N)N)C2)n1. The van der Waals surface area contributed by atoms with Crippen LogP contribution >= 0.6 is 0 Å². The predicted octanol–water partition coefficient (Wildman–Crippen LogP) is 0.621. The maximum absolute atomic E-state index is 7.43. The largest absolute Gasteiger partial charge is 0.478 e. The number of nitrogens with one attached hydrogen (secondary N) is 1. The number of nitrogens with zero attached hydrogens (tertiary/aromatic N) is 2. The average Bonchev–Trinajstić information content (AvgIpc) is 2.39. The third-order valence-electron chi connectivity index (χ3n) is 2.74. The summed E-state index contributed by atoms with van der Waals surface area (Å²) in [7, 11) is 0. The third-order valence-corrected chi connectivity index (χ3v) is 2.74. The molecule has 1 unspecified atom stereocenters. The molecule has 98 valence electrons. The molecule has 1 saturated heterocycles. The van der Waals surface area contributed by atoms with Gasteiger partial charge in [0.1, 0.15) is 17.8 Å². The molecular formula is C12H18N4O2. The van der Waals surface area contributed by atoms with E-state index in [1.165, 1.54) is 0 Å². The molecule has 6 nitrogen and oxygen atoms in total. The maximum atomic E-state index is 7.43. The highest BCUT2D eigenvalue weighted by Crippen LogP contribution is 2.18. The maximum Gasteiger partial charge on any atom is 0.215 e. The fourth-order valence-corrected chi connectivity index (χ4v) is 1.85. The summed E-state index contributed by atoms with van der Waals surface area (Å²) in [6.45, 7) is 4.36. The summed E-state index contributed by atoms with van der Waals surface area (Å²) in [5, 5.41) is 7.43. The number of hydrogen-bond donors (Lipinski definition) is 2. The van der Waals surface area contributed by atoms with Crippen molar-refractivity contribution in [3.05, 3.63) is 18.2 Å². The molecule has 2 rings (SSSR count). The van der Waals surface area contributed by atoms with Gasteiger partial charge in [0.2, 0.25) is 5.88 Å². The molecule has 1 aromatic heterocycles. The minimum Gasteiger partial charge on any atom is -0.478 e. The summed E-state index contributed by atoms with van der Waals surface area (Å²) >= 11 is 0. The number of pyridine rings is 1. The molecular weight excluding hydrogens is 232 g/mol. The number of amidine groups is 1. The third kappa shape index (κ3) is 2.89. The Morgan fingerprint density at radius 1 is 1.67 bits per heavy atom. The molecule has 3 N–H and O–H groups in total. The van der Waals surface area contributed by atoms with E-state index in [-0.39, 0.29) is 11.9 Å². The molecule has 6 heteroatoms. The van der Waals surface area contributed by atoms with Crippen LogP contribution in [0.1, 0.15) is 6.92 Å². The highest BCUT2D eigenvalue weighted by Gasteiger charge is 2.23. The van der Waals surface area contributed by atoms with Crippen molar-refractivity contribution in [2.45, 2.75) is 13.0 Å². The number of rotatable bonds is 4. The zero-order valence-corrected chi connectivity index (χ0v) is 10.4. The zero-order valence-electron chi connectivity index (χ0n) is 10.4. The van der Waals surface area contributed by atoms with Gasteiger partial charge in [-0.05, 0) is 13.0 Å². The van der Waals surface area contributed by atoms with Gasteiger partial charge in [-0.2, -0.15) is 4.98 Å². The van der Waals surface area contributed by atoms with Crippen molar-refractivity contribution in [1.82, 2.24) is 4.98 Å². The van der Waals surface area contributed by atoms with Crippen LogP contribution in [0, 0.1) is 5.41 Å². The predicted molar refractivity (Wildman–Crippen MR) is 69.3 cm³/mol. The van der Waals surface area contributed by atoms with Gasteiger partial charge in [-0.3, -0.25) is 5.41 Å². The van der Waals surface area contributed by atoms with Gasteiger partial charge in [0, 0.05) is 12.6 Å². The zero-order chi connectivity index (χ0) is 13.0. The van der Waals surface area contributed by atoms with Crippen LogP contribution in [-0.2, 0) is 4.74 Å². The molecule has 0 bridgehead atoms. The monoisotopic (exact) mass is 250 g/mol. The average molecular weight is 250 g/mol. The summed E-state index contributed by atoms with van der Waals surface area (Å²) in [4.78, 5) is 6.47. The lowest BCUT2D eigenvalue weighted by Gasteiger charge is -2.33. The summed E-state index contributed by atoms with van der Waals surface area (Å²) in [5.74, 6) is 1.50. The Hall–Kier alpha value is -1.82. The van der Waals surface area contributed by atoms with Gasteiger partial charge >= 0.3 is 0 Å². The normalized spacial score (nSPS) is 19.6. The Balaban J connectivity index is 2.10. The lowest BCUT2D eigenvalue weighted by atomic mass is 10.2. The van der Waals surface area contributed by atoms with Crippen molar-refractivity contribution in [1.29, 1.82) is 5.41 Å². The number of anilines is 1. The minimum atomic E-state index is -0.351. The fraction of sp³-hybridized carbons (Fsp3) is 0.500. The van der Waals surface area contributed by atoms with Crippen LogP contribution in [0.4, 0.5) is 5.82 Å². The molecule has 0 aromatic carbocycles. The fourth-order valence-electron chi connectivity index (χ4n) is 1.85. The summed E-state index contributed by atoms with van der Waals surface area (Å²) in [6.07, 6.45) is -0.351. The molecule has 1 aliphatic rings. The number of morpholine rings is 1. The van der Waals surface area contributed by atoms with Crippen LogP contribution in [0.25, 0.3) is 0 Å². The standard InChI is InChI=1S/C12H18N4O2/c1-2-17-11-5-3-4-10(15-11)16-6-7-18-9(8-16)12(13)14/h3-5,9H,2,6-8H2,1H3,(H3,13,14). The summed E-state index contributed by atoms with van der Waals surface area (Å²) < 4.78 is 10.8. The van der Waals surface area contributed by atoms with Crippen LogP contribution < -0.4 is 15.4 Å². The Labute approximate surface area is 106 Å². The van der Waals surface area contributed by atoms with Crippen molar-refractivity contribution < 1.29 is 9.47 Å². The highest BCUT2D eigenvalue weighted by atomic mass is 16.5. The molecule has 18 heavy (non-hydrogen) atoms. The van der Waals surface area contributed by atoms with Crippen LogP contribution in [0.2, 0.25) is 0 Å². The molecule has 1 fully saturated rings. The van der Waals surface area contributed by atoms with Crippen molar-refractivity contribution in [3.8, 4) is 5.88 Å². The smallest absolute Gasteiger partial charge is 0.215 e. The van der Waals surface area contributed by atoms with E-state index >= 15 is 0 Å². The first-order valence-corrected chi connectivity index (χ1v) is 6.01. The van der Waals surface area contributed by atoms with E-state index in [4.69, 9.17) is 20.6 Å². The van der Waals surface area contributed by atoms with Crippen LogP contribution in [0.5, 0.6) is 5.88 Å². The van der Waals surface area contributed by atoms with Crippen molar-refractivity contribution in [2.75, 3.05) is 31.2 Å². The molecule has 1 atom stereocenters. The molecule has 0 spiro atoms. The van der Waals surface area contributed by atoms with Crippen LogP contribution in [0.3, 0.4) is 0 Å². The molecule has 1 aromatic rings. The molecule has 0 saturated carbocycles. The first-order valence-electron chi connectivity index (χ1n) is 6.01. The first kappa shape index (κ1) is 12.6. The van der Waals surface area contributed by atoms with E-state index in [9.17, 15) is 0 Å². The second-order valence-corrected chi connectivity index (χ2v) is 4.03. The Morgan fingerprint density at radius 2 is 2.50 bits per heavy atom. The van der Waals surface area contributed by atoms with Gasteiger partial charge in [0.25, 0.3) is 0 Å². The van der Waals surface area contributed by atoms with Gasteiger partial charge in [-0.1, -0.05) is 6.07 Å². The number of hydrogen-bond acceptors (Lipinski definition) is 5. The Bertz CT molecular complexity index is 424. The van der Waals surface area contributed by atoms with E-state index in [0.717, 1.165) is 12.4 Å².